The zero-order valence-corrected chi connectivity index (χ0v) is 21.7. The van der Waals surface area contributed by atoms with E-state index in [1.807, 2.05) is 67.6 Å². The number of aryl methyl sites for hydroxylation is 1. The van der Waals surface area contributed by atoms with E-state index in [1.54, 1.807) is 12.0 Å². The highest BCUT2D eigenvalue weighted by atomic mass is 79.9. The second-order valence-corrected chi connectivity index (χ2v) is 9.58. The van der Waals surface area contributed by atoms with Gasteiger partial charge in [-0.3, -0.25) is 9.69 Å². The molecule has 0 spiro atoms. The maximum Gasteiger partial charge on any atom is 0.266 e. The first kappa shape index (κ1) is 24.1. The van der Waals surface area contributed by atoms with Crippen LogP contribution in [0, 0.1) is 6.92 Å². The Kier molecular flexibility index (Phi) is 7.75. The molecule has 3 aromatic carbocycles. The summed E-state index contributed by atoms with van der Waals surface area (Å²) in [5, 5.41) is 0.668. The summed E-state index contributed by atoms with van der Waals surface area (Å²) in [6.07, 6.45) is 1.89. The number of carbonyl (C=O) groups excluding carboxylic acids is 1. The van der Waals surface area contributed by atoms with Crippen LogP contribution in [0.4, 0.5) is 5.69 Å². The Bertz CT molecular complexity index is 1250. The van der Waals surface area contributed by atoms with E-state index in [-0.39, 0.29) is 5.91 Å². The standard InChI is InChI=1S/C27H25BrN2O3S/c1-4-30-26(31)25(34-27(30)29-21-9-11-22(32-3)12-10-21)16-19-8-13-24(23(28)15-19)33-17-20-7-5-6-18(2)14-20/h5-16H,4,17H2,1-3H3/b25-16+,29-27?. The summed E-state index contributed by atoms with van der Waals surface area (Å²) in [7, 11) is 1.63. The molecule has 7 heteroatoms. The van der Waals surface area contributed by atoms with E-state index in [2.05, 4.69) is 40.0 Å². The molecule has 34 heavy (non-hydrogen) atoms. The quantitative estimate of drug-likeness (QED) is 0.306. The lowest BCUT2D eigenvalue weighted by Gasteiger charge is -2.12. The Morgan fingerprint density at radius 3 is 2.56 bits per heavy atom. The van der Waals surface area contributed by atoms with Crippen molar-refractivity contribution >= 4 is 50.5 Å². The number of hydrogen-bond acceptors (Lipinski definition) is 5. The number of halogens is 1. The number of amides is 1. The summed E-state index contributed by atoms with van der Waals surface area (Å²) in [5.74, 6) is 1.48. The number of thioether (sulfide) groups is 1. The van der Waals surface area contributed by atoms with Crippen molar-refractivity contribution < 1.29 is 14.3 Å². The lowest BCUT2D eigenvalue weighted by atomic mass is 10.1. The van der Waals surface area contributed by atoms with Crippen molar-refractivity contribution in [2.45, 2.75) is 20.5 Å². The minimum atomic E-state index is -0.0457. The van der Waals surface area contributed by atoms with Crippen LogP contribution in [0.3, 0.4) is 0 Å². The van der Waals surface area contributed by atoms with E-state index in [9.17, 15) is 4.79 Å². The van der Waals surface area contributed by atoms with Crippen molar-refractivity contribution in [1.29, 1.82) is 0 Å². The Hall–Kier alpha value is -3.03. The van der Waals surface area contributed by atoms with Gasteiger partial charge in [0.05, 0.1) is 22.2 Å². The Balaban J connectivity index is 1.50. The van der Waals surface area contributed by atoms with E-state index in [4.69, 9.17) is 9.47 Å². The maximum atomic E-state index is 13.0. The van der Waals surface area contributed by atoms with Gasteiger partial charge in [-0.1, -0.05) is 35.9 Å². The normalized spacial score (nSPS) is 15.9. The fraction of sp³-hybridized carbons (Fsp3) is 0.185. The van der Waals surface area contributed by atoms with E-state index in [1.165, 1.54) is 17.3 Å². The van der Waals surface area contributed by atoms with Gasteiger partial charge in [0.25, 0.3) is 5.91 Å². The van der Waals surface area contributed by atoms with Crippen LogP contribution in [-0.2, 0) is 11.4 Å². The molecule has 1 heterocycles. The van der Waals surface area contributed by atoms with Gasteiger partial charge in [-0.25, -0.2) is 4.99 Å². The minimum Gasteiger partial charge on any atom is -0.497 e. The molecule has 3 aromatic rings. The number of nitrogens with zero attached hydrogens (tertiary/aromatic N) is 2. The fourth-order valence-electron chi connectivity index (χ4n) is 3.48. The average molecular weight is 537 g/mol. The van der Waals surface area contributed by atoms with Crippen LogP contribution in [0.25, 0.3) is 6.08 Å². The van der Waals surface area contributed by atoms with Gasteiger partial charge in [-0.05, 0) is 95.1 Å². The zero-order valence-electron chi connectivity index (χ0n) is 19.2. The summed E-state index contributed by atoms with van der Waals surface area (Å²) >= 11 is 4.98. The SMILES string of the molecule is CCN1C(=O)/C(=C\c2ccc(OCc3cccc(C)c3)c(Br)c2)SC1=Nc1ccc(OC)cc1. The summed E-state index contributed by atoms with van der Waals surface area (Å²) in [6.45, 7) is 5.05. The third kappa shape index (κ3) is 5.72. The van der Waals surface area contributed by atoms with Crippen molar-refractivity contribution in [2.24, 2.45) is 4.99 Å². The number of ether oxygens (including phenoxy) is 2. The summed E-state index contributed by atoms with van der Waals surface area (Å²) in [6, 6.07) is 21.5. The first-order valence-corrected chi connectivity index (χ1v) is 12.5. The molecule has 0 saturated carbocycles. The molecule has 0 N–H and O–H groups in total. The second kappa shape index (κ2) is 10.9. The molecule has 1 amide bonds. The molecule has 0 atom stereocenters. The number of methoxy groups -OCH3 is 1. The number of amidine groups is 1. The first-order chi connectivity index (χ1) is 16.5. The van der Waals surface area contributed by atoms with Gasteiger partial charge in [0.2, 0.25) is 0 Å². The van der Waals surface area contributed by atoms with Crippen LogP contribution >= 0.6 is 27.7 Å². The van der Waals surface area contributed by atoms with Gasteiger partial charge in [-0.15, -0.1) is 0 Å². The van der Waals surface area contributed by atoms with Crippen LogP contribution in [-0.4, -0.2) is 29.6 Å². The van der Waals surface area contributed by atoms with Crippen LogP contribution < -0.4 is 9.47 Å². The molecule has 1 aliphatic rings. The Morgan fingerprint density at radius 1 is 1.09 bits per heavy atom. The number of aliphatic imine (C=N–C) groups is 1. The molecule has 1 aliphatic heterocycles. The van der Waals surface area contributed by atoms with Crippen molar-refractivity contribution in [1.82, 2.24) is 4.90 Å². The molecule has 0 unspecified atom stereocenters. The van der Waals surface area contributed by atoms with Gasteiger partial charge in [-0.2, -0.15) is 0 Å². The lowest BCUT2D eigenvalue weighted by Crippen LogP contribution is -2.28. The van der Waals surface area contributed by atoms with Gasteiger partial charge in [0.15, 0.2) is 5.17 Å². The molecular formula is C27H25BrN2O3S. The number of hydrogen-bond donors (Lipinski definition) is 0. The third-order valence-electron chi connectivity index (χ3n) is 5.23. The van der Waals surface area contributed by atoms with Gasteiger partial charge in [0.1, 0.15) is 18.1 Å². The number of likely N-dealkylation sites (N-methyl/N-ethyl adjacent to an activating group) is 1. The summed E-state index contributed by atoms with van der Waals surface area (Å²) in [5.41, 5.74) is 4.01. The molecule has 174 valence electrons. The Labute approximate surface area is 212 Å². The number of rotatable bonds is 7. The molecule has 0 radical (unpaired) electrons. The van der Waals surface area contributed by atoms with Gasteiger partial charge < -0.3 is 9.47 Å². The molecule has 0 bridgehead atoms. The van der Waals surface area contributed by atoms with Crippen LogP contribution in [0.5, 0.6) is 11.5 Å². The maximum absolute atomic E-state index is 13.0. The smallest absolute Gasteiger partial charge is 0.266 e. The molecular weight excluding hydrogens is 512 g/mol. The minimum absolute atomic E-state index is 0.0457. The Morgan fingerprint density at radius 2 is 1.88 bits per heavy atom. The molecule has 1 saturated heterocycles. The monoisotopic (exact) mass is 536 g/mol. The third-order valence-corrected chi connectivity index (χ3v) is 6.86. The molecule has 0 aromatic heterocycles. The zero-order chi connectivity index (χ0) is 24.1. The lowest BCUT2D eigenvalue weighted by molar-refractivity contribution is -0.122. The molecule has 0 aliphatic carbocycles. The van der Waals surface area contributed by atoms with Crippen molar-refractivity contribution in [3.8, 4) is 11.5 Å². The molecule has 1 fully saturated rings. The van der Waals surface area contributed by atoms with E-state index < -0.39 is 0 Å². The highest BCUT2D eigenvalue weighted by Gasteiger charge is 2.32. The summed E-state index contributed by atoms with van der Waals surface area (Å²) < 4.78 is 12.0. The molecule has 5 nitrogen and oxygen atoms in total. The topological polar surface area (TPSA) is 51.1 Å². The predicted octanol–water partition coefficient (Wildman–Crippen LogP) is 6.97. The van der Waals surface area contributed by atoms with E-state index >= 15 is 0 Å². The van der Waals surface area contributed by atoms with E-state index in [0.29, 0.717) is 23.2 Å². The molecule has 4 rings (SSSR count). The highest BCUT2D eigenvalue weighted by molar-refractivity contribution is 9.10. The largest absolute Gasteiger partial charge is 0.497 e. The van der Waals surface area contributed by atoms with Crippen LogP contribution in [0.15, 0.2) is 81.1 Å². The average Bonchev–Trinajstić information content (AvgIpc) is 3.12. The van der Waals surface area contributed by atoms with Crippen molar-refractivity contribution in [3.63, 3.8) is 0 Å². The first-order valence-electron chi connectivity index (χ1n) is 10.9. The van der Waals surface area contributed by atoms with Gasteiger partial charge >= 0.3 is 0 Å². The van der Waals surface area contributed by atoms with Gasteiger partial charge in [0, 0.05) is 6.54 Å². The van der Waals surface area contributed by atoms with E-state index in [0.717, 1.165) is 32.8 Å². The van der Waals surface area contributed by atoms with Crippen LogP contribution in [0.2, 0.25) is 0 Å². The summed E-state index contributed by atoms with van der Waals surface area (Å²) in [4.78, 5) is 20.0. The fourth-order valence-corrected chi connectivity index (χ4v) is 5.05. The second-order valence-electron chi connectivity index (χ2n) is 7.72. The predicted molar refractivity (Wildman–Crippen MR) is 143 cm³/mol. The highest BCUT2D eigenvalue weighted by Crippen LogP contribution is 2.35. The van der Waals surface area contributed by atoms with Crippen LogP contribution in [0.1, 0.15) is 23.6 Å². The number of benzene rings is 3. The number of carbonyl (C=O) groups is 1. The van der Waals surface area contributed by atoms with Crippen molar-refractivity contribution in [2.75, 3.05) is 13.7 Å². The van der Waals surface area contributed by atoms with Crippen molar-refractivity contribution in [3.05, 3.63) is 92.8 Å².